The highest BCUT2D eigenvalue weighted by atomic mass is 19.3. The summed E-state index contributed by atoms with van der Waals surface area (Å²) in [7, 11) is 1.83. The number of carbonyl (C=O) groups is 1. The third-order valence-electron chi connectivity index (χ3n) is 3.27. The first-order valence-corrected chi connectivity index (χ1v) is 6.04. The Morgan fingerprint density at radius 3 is 2.79 bits per heavy atom. The summed E-state index contributed by atoms with van der Waals surface area (Å²) < 4.78 is 29.4. The molecule has 19 heavy (non-hydrogen) atoms. The lowest BCUT2D eigenvalue weighted by molar-refractivity contribution is -0.0505. The highest BCUT2D eigenvalue weighted by Gasteiger charge is 2.25. The molecule has 1 aliphatic rings. The van der Waals surface area contributed by atoms with Crippen molar-refractivity contribution in [1.82, 2.24) is 5.32 Å². The van der Waals surface area contributed by atoms with Gasteiger partial charge in [0, 0.05) is 23.1 Å². The van der Waals surface area contributed by atoms with Crippen LogP contribution in [0.5, 0.6) is 5.75 Å². The second kappa shape index (κ2) is 5.93. The van der Waals surface area contributed by atoms with Gasteiger partial charge in [0.15, 0.2) is 0 Å². The van der Waals surface area contributed by atoms with E-state index >= 15 is 0 Å². The van der Waals surface area contributed by atoms with Gasteiger partial charge in [-0.1, -0.05) is 24.3 Å². The number of ether oxygens (including phenoxy) is 1. The number of aldehydes is 1. The van der Waals surface area contributed by atoms with Gasteiger partial charge in [-0.25, -0.2) is 0 Å². The van der Waals surface area contributed by atoms with Gasteiger partial charge < -0.3 is 10.1 Å². The first-order valence-electron chi connectivity index (χ1n) is 6.04. The fraction of sp³-hybridized carbons (Fsp3) is 0.357. The lowest BCUT2D eigenvalue weighted by Gasteiger charge is -2.18. The van der Waals surface area contributed by atoms with Gasteiger partial charge in [-0.2, -0.15) is 8.78 Å². The van der Waals surface area contributed by atoms with Crippen molar-refractivity contribution in [3.8, 4) is 5.75 Å². The summed E-state index contributed by atoms with van der Waals surface area (Å²) in [5, 5.41) is 3.10. The zero-order valence-corrected chi connectivity index (χ0v) is 10.5. The molecule has 0 aromatic heterocycles. The van der Waals surface area contributed by atoms with E-state index in [-0.39, 0.29) is 17.7 Å². The van der Waals surface area contributed by atoms with Crippen molar-refractivity contribution in [3.63, 3.8) is 0 Å². The van der Waals surface area contributed by atoms with E-state index in [0.29, 0.717) is 17.4 Å². The molecule has 1 aliphatic carbocycles. The monoisotopic (exact) mass is 267 g/mol. The van der Waals surface area contributed by atoms with Crippen LogP contribution in [0.2, 0.25) is 0 Å². The van der Waals surface area contributed by atoms with E-state index in [1.807, 2.05) is 19.2 Å². The van der Waals surface area contributed by atoms with Crippen molar-refractivity contribution in [2.24, 2.45) is 0 Å². The molecule has 2 unspecified atom stereocenters. The van der Waals surface area contributed by atoms with Gasteiger partial charge in [-0.3, -0.25) is 4.79 Å². The molecule has 0 bridgehead atoms. The fourth-order valence-corrected chi connectivity index (χ4v) is 2.39. The molecule has 1 N–H and O–H groups in total. The number of nitrogens with one attached hydrogen (secondary N) is 1. The SMILES string of the molecule is CNC1C=CC(c2c(C=O)cccc2OC(F)F)C1. The minimum atomic E-state index is -2.90. The number of alkyl halides is 2. The topological polar surface area (TPSA) is 38.3 Å². The van der Waals surface area contributed by atoms with Crippen LogP contribution in [0.25, 0.3) is 0 Å². The van der Waals surface area contributed by atoms with E-state index in [0.717, 1.165) is 6.42 Å². The predicted octanol–water partition coefficient (Wildman–Crippen LogP) is 2.73. The second-order valence-corrected chi connectivity index (χ2v) is 4.38. The molecule has 1 aromatic rings. The summed E-state index contributed by atoms with van der Waals surface area (Å²) in [5.74, 6) is -0.0152. The molecule has 0 amide bonds. The van der Waals surface area contributed by atoms with Crippen LogP contribution < -0.4 is 10.1 Å². The minimum Gasteiger partial charge on any atom is -0.434 e. The number of allylic oxidation sites excluding steroid dienone is 1. The number of carbonyl (C=O) groups excluding carboxylic acids is 1. The third kappa shape index (κ3) is 2.98. The van der Waals surface area contributed by atoms with Gasteiger partial charge in [0.05, 0.1) is 0 Å². The van der Waals surface area contributed by atoms with E-state index < -0.39 is 6.61 Å². The Balaban J connectivity index is 2.36. The summed E-state index contributed by atoms with van der Waals surface area (Å²) >= 11 is 0. The quantitative estimate of drug-likeness (QED) is 0.658. The summed E-state index contributed by atoms with van der Waals surface area (Å²) in [4.78, 5) is 11.1. The Kier molecular flexibility index (Phi) is 4.27. The normalized spacial score (nSPS) is 21.9. The van der Waals surface area contributed by atoms with Crippen LogP contribution in [-0.4, -0.2) is 26.0 Å². The van der Waals surface area contributed by atoms with Crippen molar-refractivity contribution < 1.29 is 18.3 Å². The number of hydrogen-bond donors (Lipinski definition) is 1. The van der Waals surface area contributed by atoms with Gasteiger partial charge in [-0.05, 0) is 19.5 Å². The van der Waals surface area contributed by atoms with Crippen molar-refractivity contribution >= 4 is 6.29 Å². The molecular weight excluding hydrogens is 252 g/mol. The van der Waals surface area contributed by atoms with Crippen LogP contribution in [0.1, 0.15) is 28.3 Å². The molecule has 3 nitrogen and oxygen atoms in total. The fourth-order valence-electron chi connectivity index (χ4n) is 2.39. The van der Waals surface area contributed by atoms with Crippen LogP contribution in [0.3, 0.4) is 0 Å². The van der Waals surface area contributed by atoms with Crippen LogP contribution in [0, 0.1) is 0 Å². The molecule has 102 valence electrons. The first-order chi connectivity index (χ1) is 9.15. The smallest absolute Gasteiger partial charge is 0.387 e. The van der Waals surface area contributed by atoms with Crippen LogP contribution >= 0.6 is 0 Å². The average Bonchev–Trinajstić information content (AvgIpc) is 2.86. The Labute approximate surface area is 110 Å². The first kappa shape index (κ1) is 13.7. The van der Waals surface area contributed by atoms with E-state index in [2.05, 4.69) is 10.1 Å². The third-order valence-corrected chi connectivity index (χ3v) is 3.27. The van der Waals surface area contributed by atoms with E-state index in [1.165, 1.54) is 6.07 Å². The Hall–Kier alpha value is -1.75. The molecule has 0 heterocycles. The summed E-state index contributed by atoms with van der Waals surface area (Å²) in [6.45, 7) is -2.90. The Bertz CT molecular complexity index is 488. The Morgan fingerprint density at radius 1 is 1.42 bits per heavy atom. The summed E-state index contributed by atoms with van der Waals surface area (Å²) in [6.07, 6.45) is 5.29. The zero-order valence-electron chi connectivity index (χ0n) is 10.5. The molecule has 0 saturated carbocycles. The largest absolute Gasteiger partial charge is 0.434 e. The molecule has 5 heteroatoms. The van der Waals surface area contributed by atoms with Gasteiger partial charge >= 0.3 is 6.61 Å². The van der Waals surface area contributed by atoms with Gasteiger partial charge in [-0.15, -0.1) is 0 Å². The standard InChI is InChI=1S/C14H15F2NO2/c1-17-11-6-5-9(7-11)13-10(8-18)3-2-4-12(13)19-14(15)16/h2-6,8-9,11,14,17H,7H2,1H3. The number of halogens is 2. The van der Waals surface area contributed by atoms with Crippen LogP contribution in [0.15, 0.2) is 30.4 Å². The maximum atomic E-state index is 12.4. The van der Waals surface area contributed by atoms with E-state index in [4.69, 9.17) is 0 Å². The maximum Gasteiger partial charge on any atom is 0.387 e. The molecule has 0 saturated heterocycles. The van der Waals surface area contributed by atoms with E-state index in [9.17, 15) is 13.6 Å². The maximum absolute atomic E-state index is 12.4. The van der Waals surface area contributed by atoms with Gasteiger partial charge in [0.2, 0.25) is 0 Å². The lowest BCUT2D eigenvalue weighted by atomic mass is 9.92. The van der Waals surface area contributed by atoms with Crippen molar-refractivity contribution in [3.05, 3.63) is 41.5 Å². The average molecular weight is 267 g/mol. The predicted molar refractivity (Wildman–Crippen MR) is 67.8 cm³/mol. The van der Waals surface area contributed by atoms with Crippen molar-refractivity contribution in [2.75, 3.05) is 7.05 Å². The molecule has 2 rings (SSSR count). The molecule has 0 spiro atoms. The second-order valence-electron chi connectivity index (χ2n) is 4.38. The zero-order chi connectivity index (χ0) is 13.8. The molecule has 1 aromatic carbocycles. The summed E-state index contributed by atoms with van der Waals surface area (Å²) in [6, 6.07) is 4.80. The molecule has 2 atom stereocenters. The lowest BCUT2D eigenvalue weighted by Crippen LogP contribution is -2.21. The van der Waals surface area contributed by atoms with Crippen molar-refractivity contribution in [1.29, 1.82) is 0 Å². The van der Waals surface area contributed by atoms with Gasteiger partial charge in [0.1, 0.15) is 12.0 Å². The van der Waals surface area contributed by atoms with Crippen LogP contribution in [-0.2, 0) is 0 Å². The number of likely N-dealkylation sites (N-methyl/N-ethyl adjacent to an activating group) is 1. The highest BCUT2D eigenvalue weighted by Crippen LogP contribution is 2.37. The van der Waals surface area contributed by atoms with Gasteiger partial charge in [0.25, 0.3) is 0 Å². The van der Waals surface area contributed by atoms with E-state index in [1.54, 1.807) is 12.1 Å². The molecule has 0 aliphatic heterocycles. The van der Waals surface area contributed by atoms with Crippen LogP contribution in [0.4, 0.5) is 8.78 Å². The molecule has 0 radical (unpaired) electrons. The number of hydrogen-bond acceptors (Lipinski definition) is 3. The molecule has 0 fully saturated rings. The minimum absolute atomic E-state index is 0.0750. The number of benzene rings is 1. The molecular formula is C14H15F2NO2. The Morgan fingerprint density at radius 2 is 2.21 bits per heavy atom. The summed E-state index contributed by atoms with van der Waals surface area (Å²) in [5.41, 5.74) is 0.927. The van der Waals surface area contributed by atoms with Crippen molar-refractivity contribution in [2.45, 2.75) is 25.0 Å². The highest BCUT2D eigenvalue weighted by molar-refractivity contribution is 5.79. The number of rotatable bonds is 5.